The highest BCUT2D eigenvalue weighted by Gasteiger charge is 2.52. The van der Waals surface area contributed by atoms with Gasteiger partial charge in [-0.25, -0.2) is 4.98 Å². The van der Waals surface area contributed by atoms with E-state index in [-0.39, 0.29) is 5.91 Å². The van der Waals surface area contributed by atoms with Crippen molar-refractivity contribution in [2.24, 2.45) is 0 Å². The van der Waals surface area contributed by atoms with Crippen LogP contribution in [-0.2, 0) is 14.1 Å². The average Bonchev–Trinajstić information content (AvgIpc) is 2.65. The molecule has 1 amide bonds. The Morgan fingerprint density at radius 1 is 1.27 bits per heavy atom. The number of carbonyl (C=O) groups excluding carboxylic acids is 1. The van der Waals surface area contributed by atoms with E-state index < -0.39 is 18.3 Å². The third-order valence-corrected chi connectivity index (χ3v) is 4.41. The van der Waals surface area contributed by atoms with E-state index in [4.69, 9.17) is 14.0 Å². The van der Waals surface area contributed by atoms with Gasteiger partial charge in [0.25, 0.3) is 0 Å². The fraction of sp³-hybridized carbons (Fsp3) is 0.600. The highest BCUT2D eigenvalue weighted by atomic mass is 16.7. The molecule has 0 atom stereocenters. The smallest absolute Gasteiger partial charge is 0.480 e. The lowest BCUT2D eigenvalue weighted by molar-refractivity contribution is -0.116. The normalized spacial score (nSPS) is 19.1. The van der Waals surface area contributed by atoms with Gasteiger partial charge in [-0.05, 0) is 33.8 Å². The molecule has 2 rings (SSSR count). The van der Waals surface area contributed by atoms with Crippen LogP contribution in [0.15, 0.2) is 12.3 Å². The number of nitrogens with zero attached hydrogens (tertiary/aromatic N) is 2. The Hall–Kier alpha value is -1.60. The summed E-state index contributed by atoms with van der Waals surface area (Å²) in [6, 6.07) is 1.81. The van der Waals surface area contributed by atoms with Gasteiger partial charge in [0.05, 0.1) is 18.3 Å². The lowest BCUT2D eigenvalue weighted by Gasteiger charge is -2.32. The van der Waals surface area contributed by atoms with Crippen LogP contribution in [0.2, 0.25) is 0 Å². The van der Waals surface area contributed by atoms with Crippen molar-refractivity contribution in [1.82, 2.24) is 4.98 Å². The third-order valence-electron chi connectivity index (χ3n) is 4.41. The minimum atomic E-state index is -0.525. The summed E-state index contributed by atoms with van der Waals surface area (Å²) in [5, 5.41) is 0. The number of amides is 1. The fourth-order valence-electron chi connectivity index (χ4n) is 2.13. The van der Waals surface area contributed by atoms with E-state index in [1.165, 1.54) is 18.9 Å². The van der Waals surface area contributed by atoms with Crippen LogP contribution in [0.5, 0.6) is 5.88 Å². The maximum absolute atomic E-state index is 11.6. The van der Waals surface area contributed by atoms with Gasteiger partial charge in [0.15, 0.2) is 0 Å². The summed E-state index contributed by atoms with van der Waals surface area (Å²) in [6.07, 6.45) is 1.65. The van der Waals surface area contributed by atoms with E-state index in [0.717, 1.165) is 5.46 Å². The van der Waals surface area contributed by atoms with Crippen LogP contribution < -0.4 is 15.1 Å². The highest BCUT2D eigenvalue weighted by Crippen LogP contribution is 2.37. The lowest BCUT2D eigenvalue weighted by atomic mass is 9.80. The molecule has 0 saturated carbocycles. The van der Waals surface area contributed by atoms with E-state index in [0.29, 0.717) is 11.6 Å². The van der Waals surface area contributed by atoms with Gasteiger partial charge in [0, 0.05) is 25.6 Å². The molecule has 0 N–H and O–H groups in total. The van der Waals surface area contributed by atoms with Crippen LogP contribution in [0.3, 0.4) is 0 Å². The first kappa shape index (κ1) is 16.8. The molecule has 7 heteroatoms. The van der Waals surface area contributed by atoms with Crippen molar-refractivity contribution < 1.29 is 18.8 Å². The number of anilines is 1. The number of methoxy groups -OCH3 is 1. The first-order valence-corrected chi connectivity index (χ1v) is 7.23. The third kappa shape index (κ3) is 2.83. The van der Waals surface area contributed by atoms with Gasteiger partial charge in [-0.15, -0.1) is 0 Å². The number of hydrogen-bond donors (Lipinski definition) is 0. The van der Waals surface area contributed by atoms with Crippen LogP contribution >= 0.6 is 0 Å². The highest BCUT2D eigenvalue weighted by molar-refractivity contribution is 6.62. The monoisotopic (exact) mass is 306 g/mol. The second kappa shape index (κ2) is 5.55. The molecule has 0 bridgehead atoms. The molecule has 0 unspecified atom stereocenters. The second-order valence-electron chi connectivity index (χ2n) is 6.46. The summed E-state index contributed by atoms with van der Waals surface area (Å²) < 4.78 is 17.3. The Bertz CT molecular complexity index is 573. The van der Waals surface area contributed by atoms with Crippen molar-refractivity contribution in [3.63, 3.8) is 0 Å². The number of hydrogen-bond acceptors (Lipinski definition) is 5. The van der Waals surface area contributed by atoms with Crippen LogP contribution in [0, 0.1) is 0 Å². The summed E-state index contributed by atoms with van der Waals surface area (Å²) in [7, 11) is 2.67. The van der Waals surface area contributed by atoms with E-state index in [1.807, 2.05) is 33.8 Å². The molecule has 0 aliphatic carbocycles. The number of aromatic nitrogens is 1. The van der Waals surface area contributed by atoms with E-state index in [1.54, 1.807) is 13.2 Å². The molecular formula is C15H23BN2O4. The zero-order valence-electron chi connectivity index (χ0n) is 14.3. The Balaban J connectivity index is 2.38. The van der Waals surface area contributed by atoms with Gasteiger partial charge in [-0.3, -0.25) is 4.79 Å². The summed E-state index contributed by atoms with van der Waals surface area (Å²) >= 11 is 0. The zero-order valence-corrected chi connectivity index (χ0v) is 14.3. The van der Waals surface area contributed by atoms with Crippen molar-refractivity contribution in [3.05, 3.63) is 12.3 Å². The molecule has 1 fully saturated rings. The minimum absolute atomic E-state index is 0.105. The molecule has 0 spiro atoms. The molecule has 2 heterocycles. The summed E-state index contributed by atoms with van der Waals surface area (Å²) in [5.74, 6) is 0.282. The van der Waals surface area contributed by atoms with Crippen LogP contribution in [0.25, 0.3) is 0 Å². The van der Waals surface area contributed by atoms with Gasteiger partial charge in [-0.2, -0.15) is 0 Å². The molecule has 1 aliphatic rings. The first-order valence-electron chi connectivity index (χ1n) is 7.23. The van der Waals surface area contributed by atoms with Crippen molar-refractivity contribution >= 4 is 24.2 Å². The van der Waals surface area contributed by atoms with Crippen molar-refractivity contribution in [2.45, 2.75) is 45.8 Å². The van der Waals surface area contributed by atoms with Gasteiger partial charge >= 0.3 is 7.12 Å². The standard InChI is InChI=1S/C15H23BN2O4/c1-10(19)18(6)12-8-11(9-17-13(12)20-7)16-21-14(2,3)15(4,5)22-16/h8-9H,1-7H3. The number of ether oxygens (including phenoxy) is 1. The molecule has 6 nitrogen and oxygen atoms in total. The van der Waals surface area contributed by atoms with Crippen molar-refractivity contribution in [3.8, 4) is 5.88 Å². The van der Waals surface area contributed by atoms with Gasteiger partial charge in [0.1, 0.15) is 5.69 Å². The van der Waals surface area contributed by atoms with Gasteiger partial charge in [-0.1, -0.05) is 0 Å². The van der Waals surface area contributed by atoms with Gasteiger partial charge < -0.3 is 18.9 Å². The second-order valence-corrected chi connectivity index (χ2v) is 6.46. The van der Waals surface area contributed by atoms with E-state index in [9.17, 15) is 4.79 Å². The van der Waals surface area contributed by atoms with Crippen LogP contribution in [0.1, 0.15) is 34.6 Å². The van der Waals surface area contributed by atoms with Crippen LogP contribution in [0.4, 0.5) is 5.69 Å². The summed E-state index contributed by atoms with van der Waals surface area (Å²) in [4.78, 5) is 17.4. The topological polar surface area (TPSA) is 60.9 Å². The van der Waals surface area contributed by atoms with E-state index in [2.05, 4.69) is 4.98 Å². The quantitative estimate of drug-likeness (QED) is 0.789. The number of pyridine rings is 1. The number of rotatable bonds is 3. The Kier molecular flexibility index (Phi) is 4.23. The lowest BCUT2D eigenvalue weighted by Crippen LogP contribution is -2.41. The van der Waals surface area contributed by atoms with Crippen LogP contribution in [-0.4, -0.2) is 43.4 Å². The molecule has 0 radical (unpaired) electrons. The molecule has 22 heavy (non-hydrogen) atoms. The summed E-state index contributed by atoms with van der Waals surface area (Å²) in [5.41, 5.74) is 0.485. The van der Waals surface area contributed by atoms with Crippen molar-refractivity contribution in [2.75, 3.05) is 19.1 Å². The first-order chi connectivity index (χ1) is 10.1. The average molecular weight is 306 g/mol. The summed E-state index contributed by atoms with van der Waals surface area (Å²) in [6.45, 7) is 9.46. The zero-order chi connectivity index (χ0) is 16.7. The molecule has 1 aromatic heterocycles. The Morgan fingerprint density at radius 2 is 1.82 bits per heavy atom. The number of carbonyl (C=O) groups is 1. The molecule has 1 aromatic rings. The Morgan fingerprint density at radius 3 is 2.27 bits per heavy atom. The van der Waals surface area contributed by atoms with E-state index >= 15 is 0 Å². The Labute approximate surface area is 131 Å². The molecule has 1 aliphatic heterocycles. The van der Waals surface area contributed by atoms with Crippen molar-refractivity contribution in [1.29, 1.82) is 0 Å². The fourth-order valence-corrected chi connectivity index (χ4v) is 2.13. The largest absolute Gasteiger partial charge is 0.496 e. The molecule has 0 aromatic carbocycles. The SMILES string of the molecule is COc1ncc(B2OC(C)(C)C(C)(C)O2)cc1N(C)C(C)=O. The molecule has 1 saturated heterocycles. The maximum atomic E-state index is 11.6. The molecular weight excluding hydrogens is 283 g/mol. The molecule has 120 valence electrons. The minimum Gasteiger partial charge on any atom is -0.480 e. The maximum Gasteiger partial charge on any atom is 0.496 e. The van der Waals surface area contributed by atoms with Gasteiger partial charge in [0.2, 0.25) is 11.8 Å². The predicted octanol–water partition coefficient (Wildman–Crippen LogP) is 1.37. The predicted molar refractivity (Wildman–Crippen MR) is 85.6 cm³/mol.